The van der Waals surface area contributed by atoms with Gasteiger partial charge in [0.1, 0.15) is 0 Å². The van der Waals surface area contributed by atoms with Gasteiger partial charge in [-0.25, -0.2) is 0 Å². The normalized spacial score (nSPS) is 10.2. The molecule has 0 heterocycles. The molecule has 0 aliphatic heterocycles. The first-order valence-corrected chi connectivity index (χ1v) is 9.55. The fourth-order valence-electron chi connectivity index (χ4n) is 2.15. The van der Waals surface area contributed by atoms with Gasteiger partial charge in [-0.05, 0) is 25.7 Å². The zero-order chi connectivity index (χ0) is 17.6. The molecule has 2 nitrogen and oxygen atoms in total. The zero-order valence-electron chi connectivity index (χ0n) is 15.9. The molecule has 23 heavy (non-hydrogen) atoms. The van der Waals surface area contributed by atoms with Crippen LogP contribution in [0.2, 0.25) is 0 Å². The lowest BCUT2D eigenvalue weighted by Crippen LogP contribution is -1.99. The second kappa shape index (κ2) is 23.2. The van der Waals surface area contributed by atoms with Crippen molar-refractivity contribution >= 4 is 5.97 Å². The predicted molar refractivity (Wildman–Crippen MR) is 103 cm³/mol. The van der Waals surface area contributed by atoms with Crippen molar-refractivity contribution in [2.24, 2.45) is 0 Å². The summed E-state index contributed by atoms with van der Waals surface area (Å²) in [6.07, 6.45) is 21.9. The van der Waals surface area contributed by atoms with E-state index < -0.39 is 0 Å². The van der Waals surface area contributed by atoms with Crippen molar-refractivity contribution in [1.82, 2.24) is 0 Å². The van der Waals surface area contributed by atoms with E-state index in [4.69, 9.17) is 0 Å². The molecule has 0 atom stereocenters. The van der Waals surface area contributed by atoms with E-state index in [1.54, 1.807) is 0 Å². The van der Waals surface area contributed by atoms with E-state index in [2.05, 4.69) is 37.3 Å². The van der Waals surface area contributed by atoms with E-state index >= 15 is 0 Å². The molecule has 0 radical (unpaired) electrons. The molecular formula is C21H40O2. The smallest absolute Gasteiger partial charge is 0.305 e. The van der Waals surface area contributed by atoms with Crippen molar-refractivity contribution in [3.8, 4) is 0 Å². The van der Waals surface area contributed by atoms with E-state index in [9.17, 15) is 4.79 Å². The Bertz CT molecular complexity index is 269. The van der Waals surface area contributed by atoms with E-state index in [0.717, 1.165) is 12.8 Å². The molecule has 0 aromatic heterocycles. The number of hydrogen-bond acceptors (Lipinski definition) is 2. The first-order chi connectivity index (χ1) is 11.2. The molecule has 0 aliphatic rings. The Labute approximate surface area is 145 Å². The van der Waals surface area contributed by atoms with Crippen LogP contribution in [0.15, 0.2) is 24.8 Å². The minimum absolute atomic E-state index is 0.0754. The van der Waals surface area contributed by atoms with Gasteiger partial charge in [0, 0.05) is 6.42 Å². The van der Waals surface area contributed by atoms with Crippen LogP contribution in [-0.2, 0) is 9.53 Å². The minimum Gasteiger partial charge on any atom is -0.469 e. The summed E-state index contributed by atoms with van der Waals surface area (Å²) in [7, 11) is 1.45. The maximum Gasteiger partial charge on any atom is 0.305 e. The quantitative estimate of drug-likeness (QED) is 0.195. The van der Waals surface area contributed by atoms with E-state index in [0.29, 0.717) is 6.42 Å². The minimum atomic E-state index is -0.0754. The third-order valence-electron chi connectivity index (χ3n) is 3.66. The van der Waals surface area contributed by atoms with Crippen LogP contribution in [0.25, 0.3) is 0 Å². The molecule has 0 N–H and O–H groups in total. The van der Waals surface area contributed by atoms with Crippen LogP contribution < -0.4 is 0 Å². The van der Waals surface area contributed by atoms with Gasteiger partial charge in [-0.1, -0.05) is 83.4 Å². The largest absolute Gasteiger partial charge is 0.469 e. The van der Waals surface area contributed by atoms with Crippen molar-refractivity contribution in [3.63, 3.8) is 0 Å². The average molecular weight is 325 g/mol. The molecule has 0 aromatic rings. The van der Waals surface area contributed by atoms with Crippen LogP contribution in [0.5, 0.6) is 0 Å². The first-order valence-electron chi connectivity index (χ1n) is 9.55. The lowest BCUT2D eigenvalue weighted by atomic mass is 10.1. The summed E-state index contributed by atoms with van der Waals surface area (Å²) >= 11 is 0. The molecule has 0 saturated heterocycles. The van der Waals surface area contributed by atoms with Gasteiger partial charge in [0.25, 0.3) is 0 Å². The van der Waals surface area contributed by atoms with Gasteiger partial charge >= 0.3 is 5.97 Å². The number of methoxy groups -OCH3 is 1. The standard InChI is InChI=1S/C11H22O2.C10H18/c1-3-4-5-6-7-8-9-10-11(12)13-2;1-3-5-7-9-10-8-6-4-2/h3-10H2,1-2H3;3,7,9H,1,4-6,8,10H2,2H3/b;9-7+. The van der Waals surface area contributed by atoms with Crippen molar-refractivity contribution < 1.29 is 9.53 Å². The van der Waals surface area contributed by atoms with Gasteiger partial charge in [-0.2, -0.15) is 0 Å². The molecular weight excluding hydrogens is 284 g/mol. The van der Waals surface area contributed by atoms with Gasteiger partial charge in [-0.15, -0.1) is 6.58 Å². The first kappa shape index (κ1) is 24.2. The molecule has 0 fully saturated rings. The lowest BCUT2D eigenvalue weighted by Gasteiger charge is -2.00. The zero-order valence-corrected chi connectivity index (χ0v) is 15.9. The van der Waals surface area contributed by atoms with Gasteiger partial charge in [0.05, 0.1) is 7.11 Å². The van der Waals surface area contributed by atoms with E-state index in [-0.39, 0.29) is 5.97 Å². The van der Waals surface area contributed by atoms with Crippen LogP contribution in [0.3, 0.4) is 0 Å². The van der Waals surface area contributed by atoms with Crippen LogP contribution in [0.1, 0.15) is 97.3 Å². The molecule has 0 aliphatic carbocycles. The van der Waals surface area contributed by atoms with Gasteiger partial charge in [-0.3, -0.25) is 4.79 Å². The van der Waals surface area contributed by atoms with E-state index in [1.165, 1.54) is 71.3 Å². The summed E-state index contributed by atoms with van der Waals surface area (Å²) in [5.74, 6) is -0.0754. The SMILES string of the molecule is C=CC/C=C/CCCCC.CCCCCCCCCC(=O)OC. The van der Waals surface area contributed by atoms with Crippen molar-refractivity contribution in [2.45, 2.75) is 97.3 Å². The molecule has 0 bridgehead atoms. The Morgan fingerprint density at radius 2 is 1.43 bits per heavy atom. The third kappa shape index (κ3) is 26.2. The molecule has 0 saturated carbocycles. The molecule has 136 valence electrons. The Morgan fingerprint density at radius 1 is 0.870 bits per heavy atom. The molecule has 0 unspecified atom stereocenters. The Hall–Kier alpha value is -1.05. The molecule has 0 spiro atoms. The summed E-state index contributed by atoms with van der Waals surface area (Å²) in [6, 6.07) is 0. The summed E-state index contributed by atoms with van der Waals surface area (Å²) < 4.78 is 4.56. The molecule has 0 amide bonds. The van der Waals surface area contributed by atoms with Gasteiger partial charge in [0.15, 0.2) is 0 Å². The maximum atomic E-state index is 10.7. The van der Waals surface area contributed by atoms with Gasteiger partial charge in [0.2, 0.25) is 0 Å². The second-order valence-electron chi connectivity index (χ2n) is 5.94. The second-order valence-corrected chi connectivity index (χ2v) is 5.94. The Kier molecular flexibility index (Phi) is 24.4. The number of carbonyl (C=O) groups excluding carboxylic acids is 1. The molecule has 2 heteroatoms. The molecule has 0 rings (SSSR count). The van der Waals surface area contributed by atoms with Gasteiger partial charge < -0.3 is 4.74 Å². The highest BCUT2D eigenvalue weighted by Gasteiger charge is 1.98. The van der Waals surface area contributed by atoms with Crippen LogP contribution in [-0.4, -0.2) is 13.1 Å². The summed E-state index contributed by atoms with van der Waals surface area (Å²) in [5.41, 5.74) is 0. The fourth-order valence-corrected chi connectivity index (χ4v) is 2.15. The van der Waals surface area contributed by atoms with Crippen LogP contribution in [0, 0.1) is 0 Å². The van der Waals surface area contributed by atoms with Crippen molar-refractivity contribution in [1.29, 1.82) is 0 Å². The topological polar surface area (TPSA) is 26.3 Å². The predicted octanol–water partition coefficient (Wildman–Crippen LogP) is 7.00. The number of carbonyl (C=O) groups is 1. The monoisotopic (exact) mass is 324 g/mol. The number of hydrogen-bond donors (Lipinski definition) is 0. The van der Waals surface area contributed by atoms with E-state index in [1.807, 2.05) is 6.08 Å². The fraction of sp³-hybridized carbons (Fsp3) is 0.762. The Balaban J connectivity index is 0. The Morgan fingerprint density at radius 3 is 2.00 bits per heavy atom. The summed E-state index contributed by atoms with van der Waals surface area (Å²) in [4.78, 5) is 10.7. The number of esters is 1. The highest BCUT2D eigenvalue weighted by Crippen LogP contribution is 2.08. The summed E-state index contributed by atoms with van der Waals surface area (Å²) in [5, 5.41) is 0. The lowest BCUT2D eigenvalue weighted by molar-refractivity contribution is -0.140. The van der Waals surface area contributed by atoms with Crippen LogP contribution >= 0.6 is 0 Å². The summed E-state index contributed by atoms with van der Waals surface area (Å²) in [6.45, 7) is 8.09. The maximum absolute atomic E-state index is 10.7. The number of unbranched alkanes of at least 4 members (excludes halogenated alkanes) is 9. The number of ether oxygens (including phenoxy) is 1. The highest BCUT2D eigenvalue weighted by atomic mass is 16.5. The third-order valence-corrected chi connectivity index (χ3v) is 3.66. The molecule has 0 aromatic carbocycles. The van der Waals surface area contributed by atoms with Crippen molar-refractivity contribution in [3.05, 3.63) is 24.8 Å². The van der Waals surface area contributed by atoms with Crippen molar-refractivity contribution in [2.75, 3.05) is 7.11 Å². The number of rotatable bonds is 14. The highest BCUT2D eigenvalue weighted by molar-refractivity contribution is 5.68. The number of allylic oxidation sites excluding steroid dienone is 3. The average Bonchev–Trinajstić information content (AvgIpc) is 2.57. The van der Waals surface area contributed by atoms with Crippen LogP contribution in [0.4, 0.5) is 0 Å².